The minimum Gasteiger partial charge on any atom is -0.459 e. The highest BCUT2D eigenvalue weighted by Crippen LogP contribution is 2.42. The average molecular weight is 242 g/mol. The zero-order chi connectivity index (χ0) is 10.3. The number of hydrogen-bond acceptors (Lipinski definition) is 5. The van der Waals surface area contributed by atoms with Gasteiger partial charge in [0.1, 0.15) is 0 Å². The van der Waals surface area contributed by atoms with E-state index in [9.17, 15) is 4.79 Å². The minimum atomic E-state index is -0.153. The highest BCUT2D eigenvalue weighted by molar-refractivity contribution is 8.07. The maximum atomic E-state index is 11.7. The number of hydrazine groups is 1. The van der Waals surface area contributed by atoms with Gasteiger partial charge in [-0.3, -0.25) is 10.2 Å². The second-order valence-corrected chi connectivity index (χ2v) is 5.82. The number of furan rings is 1. The van der Waals surface area contributed by atoms with Crippen LogP contribution < -0.4 is 5.43 Å². The van der Waals surface area contributed by atoms with Crippen molar-refractivity contribution >= 4 is 29.4 Å². The smallest absolute Gasteiger partial charge is 0.301 e. The number of nitrogens with one attached hydrogen (secondary N) is 1. The first-order valence-electron chi connectivity index (χ1n) is 4.70. The maximum absolute atomic E-state index is 11.7. The highest BCUT2D eigenvalue weighted by atomic mass is 32.2. The van der Waals surface area contributed by atoms with E-state index in [0.717, 1.165) is 11.5 Å². The van der Waals surface area contributed by atoms with E-state index >= 15 is 0 Å². The van der Waals surface area contributed by atoms with E-state index in [1.807, 2.05) is 28.5 Å². The molecule has 2 fully saturated rings. The van der Waals surface area contributed by atoms with Crippen molar-refractivity contribution in [3.8, 4) is 0 Å². The lowest BCUT2D eigenvalue weighted by molar-refractivity contribution is 0.0768. The summed E-state index contributed by atoms with van der Waals surface area (Å²) in [5.74, 6) is 2.40. The SMILES string of the molecule is O=C(NN1C2CSC1CS2)c1ccco1. The number of nitrogens with zero attached hydrogens (tertiary/aromatic N) is 1. The molecule has 2 bridgehead atoms. The van der Waals surface area contributed by atoms with Gasteiger partial charge in [-0.2, -0.15) is 5.01 Å². The number of fused-ring (bicyclic) bond motifs is 2. The fraction of sp³-hybridized carbons (Fsp3) is 0.444. The van der Waals surface area contributed by atoms with E-state index in [0.29, 0.717) is 16.5 Å². The van der Waals surface area contributed by atoms with Gasteiger partial charge in [-0.25, -0.2) is 0 Å². The van der Waals surface area contributed by atoms with Crippen molar-refractivity contribution in [2.45, 2.75) is 10.7 Å². The van der Waals surface area contributed by atoms with Crippen LogP contribution in [-0.4, -0.2) is 33.2 Å². The lowest BCUT2D eigenvalue weighted by atomic mass is 10.4. The van der Waals surface area contributed by atoms with E-state index in [-0.39, 0.29) is 5.91 Å². The summed E-state index contributed by atoms with van der Waals surface area (Å²) in [5.41, 5.74) is 2.90. The van der Waals surface area contributed by atoms with Crippen LogP contribution >= 0.6 is 23.5 Å². The van der Waals surface area contributed by atoms with E-state index in [4.69, 9.17) is 4.42 Å². The largest absolute Gasteiger partial charge is 0.459 e. The Bertz CT molecular complexity index is 348. The fourth-order valence-electron chi connectivity index (χ4n) is 1.71. The molecule has 0 saturated carbocycles. The van der Waals surface area contributed by atoms with Crippen molar-refractivity contribution in [2.24, 2.45) is 0 Å². The highest BCUT2D eigenvalue weighted by Gasteiger charge is 2.42. The molecule has 4 nitrogen and oxygen atoms in total. The van der Waals surface area contributed by atoms with Crippen LogP contribution in [0.15, 0.2) is 22.8 Å². The lowest BCUT2D eigenvalue weighted by Gasteiger charge is -2.19. The van der Waals surface area contributed by atoms with Crippen molar-refractivity contribution in [1.29, 1.82) is 0 Å². The molecule has 2 atom stereocenters. The molecule has 0 radical (unpaired) electrons. The Hall–Kier alpha value is -0.590. The molecular formula is C9H10N2O2S2. The van der Waals surface area contributed by atoms with Gasteiger partial charge in [0.25, 0.3) is 0 Å². The van der Waals surface area contributed by atoms with Crippen LogP contribution in [0, 0.1) is 0 Å². The second kappa shape index (κ2) is 3.77. The van der Waals surface area contributed by atoms with Crippen molar-refractivity contribution in [3.05, 3.63) is 24.2 Å². The molecule has 80 valence electrons. The van der Waals surface area contributed by atoms with Crippen LogP contribution in [0.25, 0.3) is 0 Å². The molecule has 3 heterocycles. The Kier molecular flexibility index (Phi) is 2.42. The summed E-state index contributed by atoms with van der Waals surface area (Å²) < 4.78 is 5.04. The number of amides is 1. The van der Waals surface area contributed by atoms with Crippen molar-refractivity contribution in [2.75, 3.05) is 11.5 Å². The van der Waals surface area contributed by atoms with Gasteiger partial charge in [0, 0.05) is 11.5 Å². The predicted octanol–water partition coefficient (Wildman–Crippen LogP) is 1.37. The molecule has 0 aliphatic carbocycles. The second-order valence-electron chi connectivity index (χ2n) is 3.40. The Morgan fingerprint density at radius 1 is 1.47 bits per heavy atom. The third-order valence-electron chi connectivity index (χ3n) is 2.46. The molecule has 3 rings (SSSR count). The molecule has 1 N–H and O–H groups in total. The molecule has 6 heteroatoms. The van der Waals surface area contributed by atoms with Gasteiger partial charge >= 0.3 is 5.91 Å². The molecule has 2 aliphatic heterocycles. The van der Waals surface area contributed by atoms with E-state index in [1.54, 1.807) is 12.1 Å². The normalized spacial score (nSPS) is 29.6. The van der Waals surface area contributed by atoms with Crippen molar-refractivity contribution < 1.29 is 9.21 Å². The number of rotatable bonds is 2. The molecule has 2 saturated heterocycles. The summed E-state index contributed by atoms with van der Waals surface area (Å²) in [4.78, 5) is 11.7. The molecule has 15 heavy (non-hydrogen) atoms. The molecule has 2 aliphatic rings. The van der Waals surface area contributed by atoms with Crippen LogP contribution in [0.5, 0.6) is 0 Å². The molecule has 1 amide bonds. The van der Waals surface area contributed by atoms with Crippen molar-refractivity contribution in [3.63, 3.8) is 0 Å². The molecule has 1 aromatic heterocycles. The summed E-state index contributed by atoms with van der Waals surface area (Å²) in [6, 6.07) is 3.39. The lowest BCUT2D eigenvalue weighted by Crippen LogP contribution is -2.45. The van der Waals surface area contributed by atoms with E-state index < -0.39 is 0 Å². The Labute approximate surface area is 95.7 Å². The summed E-state index contributed by atoms with van der Waals surface area (Å²) >= 11 is 3.80. The number of hydrogen-bond donors (Lipinski definition) is 1. The van der Waals surface area contributed by atoms with Crippen molar-refractivity contribution in [1.82, 2.24) is 10.4 Å². The first-order valence-corrected chi connectivity index (χ1v) is 6.80. The summed E-state index contributed by atoms with van der Waals surface area (Å²) in [6.07, 6.45) is 1.51. The molecule has 2 unspecified atom stereocenters. The predicted molar refractivity (Wildman–Crippen MR) is 60.5 cm³/mol. The Balaban J connectivity index is 1.69. The van der Waals surface area contributed by atoms with E-state index in [2.05, 4.69) is 5.43 Å². The minimum absolute atomic E-state index is 0.153. The van der Waals surface area contributed by atoms with Gasteiger partial charge in [-0.05, 0) is 12.1 Å². The fourth-order valence-corrected chi connectivity index (χ4v) is 4.85. The van der Waals surface area contributed by atoms with Gasteiger partial charge in [-0.15, -0.1) is 23.5 Å². The Morgan fingerprint density at radius 3 is 2.73 bits per heavy atom. The maximum Gasteiger partial charge on any atom is 0.301 e. The first-order chi connectivity index (χ1) is 7.34. The number of thioether (sulfide) groups is 2. The molecule has 0 aromatic carbocycles. The number of carbonyl (C=O) groups excluding carboxylic acids is 1. The summed E-state index contributed by atoms with van der Waals surface area (Å²) in [7, 11) is 0. The third kappa shape index (κ3) is 1.66. The van der Waals surface area contributed by atoms with Gasteiger partial charge in [0.05, 0.1) is 17.0 Å². The molecular weight excluding hydrogens is 232 g/mol. The van der Waals surface area contributed by atoms with Crippen LogP contribution in [0.3, 0.4) is 0 Å². The van der Waals surface area contributed by atoms with Gasteiger partial charge in [0.15, 0.2) is 5.76 Å². The van der Waals surface area contributed by atoms with E-state index in [1.165, 1.54) is 6.26 Å². The van der Waals surface area contributed by atoms with Gasteiger partial charge in [0.2, 0.25) is 0 Å². The molecule has 0 spiro atoms. The summed E-state index contributed by atoms with van der Waals surface area (Å²) in [5, 5.41) is 2.90. The van der Waals surface area contributed by atoms with Crippen LogP contribution in [0.2, 0.25) is 0 Å². The summed E-state index contributed by atoms with van der Waals surface area (Å²) in [6.45, 7) is 0. The molecule has 1 aromatic rings. The standard InChI is InChI=1S/C9H10N2O2S2/c12-9(6-2-1-3-13-6)10-11-7-4-14-8(11)5-15-7/h1-3,7-8H,4-5H2,(H,10,12). The first kappa shape index (κ1) is 9.62. The zero-order valence-corrected chi connectivity index (χ0v) is 9.51. The monoisotopic (exact) mass is 242 g/mol. The topological polar surface area (TPSA) is 45.5 Å². The quantitative estimate of drug-likeness (QED) is 0.848. The van der Waals surface area contributed by atoms with Crippen LogP contribution in [-0.2, 0) is 0 Å². The number of carbonyl (C=O) groups is 1. The van der Waals surface area contributed by atoms with Gasteiger partial charge < -0.3 is 4.42 Å². The zero-order valence-electron chi connectivity index (χ0n) is 7.88. The van der Waals surface area contributed by atoms with Crippen LogP contribution in [0.4, 0.5) is 0 Å². The van der Waals surface area contributed by atoms with Crippen LogP contribution in [0.1, 0.15) is 10.6 Å². The Morgan fingerprint density at radius 2 is 2.20 bits per heavy atom. The average Bonchev–Trinajstić information content (AvgIpc) is 2.94. The third-order valence-corrected chi connectivity index (χ3v) is 5.45. The van der Waals surface area contributed by atoms with Gasteiger partial charge in [-0.1, -0.05) is 0 Å².